The second-order valence-electron chi connectivity index (χ2n) is 20.3. The molecule has 6 heteroatoms. The van der Waals surface area contributed by atoms with Crippen LogP contribution in [-0.4, -0.2) is 46.3 Å². The zero-order valence-electron chi connectivity index (χ0n) is 42.3. The van der Waals surface area contributed by atoms with Crippen LogP contribution >= 0.6 is 0 Å². The van der Waals surface area contributed by atoms with Crippen molar-refractivity contribution < 1.29 is 19.8 Å². The fourth-order valence-electron chi connectivity index (χ4n) is 11.5. The maximum Gasteiger partial charge on any atom is 0.235 e. The van der Waals surface area contributed by atoms with Gasteiger partial charge in [-0.2, -0.15) is 0 Å². The van der Waals surface area contributed by atoms with E-state index in [1.165, 1.54) is 0 Å². The molecule has 4 atom stereocenters. The summed E-state index contributed by atoms with van der Waals surface area (Å²) in [6.07, 6.45) is 2.15. The summed E-state index contributed by atoms with van der Waals surface area (Å²) in [6.45, 7) is 11.9. The lowest BCUT2D eigenvalue weighted by molar-refractivity contribution is -0.146. The normalized spacial score (nSPS) is 14.3. The zero-order chi connectivity index (χ0) is 50.2. The first-order chi connectivity index (χ1) is 34.3. The molecule has 0 spiro atoms. The molecular formula is C65H70N2O4. The number of rotatable bonds is 20. The van der Waals surface area contributed by atoms with Crippen molar-refractivity contribution >= 4 is 33.4 Å². The molecule has 4 N–H and O–H groups in total. The van der Waals surface area contributed by atoms with Gasteiger partial charge in [-0.25, -0.2) is 0 Å². The van der Waals surface area contributed by atoms with Gasteiger partial charge in [0.15, 0.2) is 0 Å². The SMILES string of the molecule is CCCC(CCC)(C(=O)NCC(O)(Cc1cccc(C)c1)C(c1cccc(C)c1)c1cccc2ccccc12)C(=O)NCC(O)(Cc1cccc(C)c1)C(c1cccc(C)c1)c1cccc2ccccc12. The van der Waals surface area contributed by atoms with Crippen LogP contribution in [0, 0.1) is 33.1 Å². The van der Waals surface area contributed by atoms with Gasteiger partial charge >= 0.3 is 0 Å². The number of carbonyl (C=O) groups excluding carboxylic acids is 2. The molecule has 0 saturated carbocycles. The van der Waals surface area contributed by atoms with Crippen LogP contribution in [0.3, 0.4) is 0 Å². The highest BCUT2D eigenvalue weighted by atomic mass is 16.3. The molecule has 0 aromatic heterocycles. The highest BCUT2D eigenvalue weighted by Gasteiger charge is 2.48. The number of aliphatic hydroxyl groups is 2. The minimum absolute atomic E-state index is 0.127. The molecule has 71 heavy (non-hydrogen) atoms. The lowest BCUT2D eigenvalue weighted by Gasteiger charge is -2.41. The van der Waals surface area contributed by atoms with Gasteiger partial charge in [0.1, 0.15) is 5.41 Å². The predicted molar refractivity (Wildman–Crippen MR) is 292 cm³/mol. The van der Waals surface area contributed by atoms with Crippen LogP contribution in [0.4, 0.5) is 0 Å². The van der Waals surface area contributed by atoms with Gasteiger partial charge in [0.2, 0.25) is 11.8 Å². The van der Waals surface area contributed by atoms with Crippen molar-refractivity contribution in [3.63, 3.8) is 0 Å². The third kappa shape index (κ3) is 11.2. The van der Waals surface area contributed by atoms with E-state index < -0.39 is 40.3 Å². The fraction of sp³-hybridized carbons (Fsp3) is 0.292. The smallest absolute Gasteiger partial charge is 0.235 e. The van der Waals surface area contributed by atoms with Crippen molar-refractivity contribution in [2.75, 3.05) is 13.1 Å². The molecule has 0 aliphatic rings. The molecule has 0 fully saturated rings. The molecule has 0 saturated heterocycles. The molecule has 2 amide bonds. The Morgan fingerprint density at radius 3 is 1.18 bits per heavy atom. The second kappa shape index (κ2) is 22.1. The quantitative estimate of drug-likeness (QED) is 0.0572. The third-order valence-corrected chi connectivity index (χ3v) is 14.6. The largest absolute Gasteiger partial charge is 0.387 e. The Labute approximate surface area is 421 Å². The van der Waals surface area contributed by atoms with Crippen LogP contribution in [0.1, 0.15) is 107 Å². The predicted octanol–water partition coefficient (Wildman–Crippen LogP) is 13.0. The number of hydrogen-bond donors (Lipinski definition) is 4. The van der Waals surface area contributed by atoms with Gasteiger partial charge in [-0.15, -0.1) is 0 Å². The van der Waals surface area contributed by atoms with Crippen molar-refractivity contribution in [2.45, 2.75) is 103 Å². The van der Waals surface area contributed by atoms with Gasteiger partial charge in [0.05, 0.1) is 11.2 Å². The van der Waals surface area contributed by atoms with E-state index in [0.717, 1.165) is 77.2 Å². The van der Waals surface area contributed by atoms with Gasteiger partial charge in [-0.1, -0.05) is 231 Å². The molecule has 0 heterocycles. The van der Waals surface area contributed by atoms with E-state index in [0.29, 0.717) is 12.8 Å². The number of aryl methyl sites for hydroxylation is 4. The van der Waals surface area contributed by atoms with Crippen molar-refractivity contribution in [1.29, 1.82) is 0 Å². The van der Waals surface area contributed by atoms with Gasteiger partial charge in [-0.3, -0.25) is 9.59 Å². The minimum atomic E-state index is -1.56. The molecule has 0 aliphatic carbocycles. The Morgan fingerprint density at radius 2 is 0.803 bits per heavy atom. The van der Waals surface area contributed by atoms with Crippen LogP contribution in [0.15, 0.2) is 182 Å². The first-order valence-electron chi connectivity index (χ1n) is 25.5. The zero-order valence-corrected chi connectivity index (χ0v) is 42.3. The average molecular weight is 943 g/mol. The molecule has 364 valence electrons. The number of carbonyl (C=O) groups is 2. The third-order valence-electron chi connectivity index (χ3n) is 14.6. The summed E-state index contributed by atoms with van der Waals surface area (Å²) in [4.78, 5) is 30.9. The van der Waals surface area contributed by atoms with Crippen LogP contribution in [0.25, 0.3) is 21.5 Å². The lowest BCUT2D eigenvalue weighted by Crippen LogP contribution is -2.58. The first-order valence-corrected chi connectivity index (χ1v) is 25.5. The van der Waals surface area contributed by atoms with Crippen LogP contribution in [-0.2, 0) is 22.4 Å². The Hall–Kier alpha value is -6.86. The molecule has 8 rings (SSSR count). The summed E-state index contributed by atoms with van der Waals surface area (Å²) < 4.78 is 0. The minimum Gasteiger partial charge on any atom is -0.387 e. The average Bonchev–Trinajstić information content (AvgIpc) is 3.35. The Bertz CT molecular complexity index is 2920. The number of benzene rings is 8. The Kier molecular flexibility index (Phi) is 15.7. The van der Waals surface area contributed by atoms with E-state index in [2.05, 4.69) is 122 Å². The highest BCUT2D eigenvalue weighted by molar-refractivity contribution is 6.05. The van der Waals surface area contributed by atoms with Crippen molar-refractivity contribution in [3.05, 3.63) is 238 Å². The van der Waals surface area contributed by atoms with Crippen LogP contribution in [0.5, 0.6) is 0 Å². The van der Waals surface area contributed by atoms with E-state index in [-0.39, 0.29) is 38.8 Å². The maximum atomic E-state index is 15.5. The van der Waals surface area contributed by atoms with Crippen LogP contribution < -0.4 is 10.6 Å². The first kappa shape index (κ1) is 50.5. The van der Waals surface area contributed by atoms with Gasteiger partial charge in [0.25, 0.3) is 0 Å². The number of amides is 2. The summed E-state index contributed by atoms with van der Waals surface area (Å²) in [5.74, 6) is -2.01. The number of hydrogen-bond acceptors (Lipinski definition) is 4. The van der Waals surface area contributed by atoms with Gasteiger partial charge in [-0.05, 0) is 95.5 Å². The molecule has 0 aliphatic heterocycles. The fourth-order valence-corrected chi connectivity index (χ4v) is 11.5. The Morgan fingerprint density at radius 1 is 0.451 bits per heavy atom. The molecule has 8 aromatic rings. The summed E-state index contributed by atoms with van der Waals surface area (Å²) in [5, 5.41) is 38.0. The standard InChI is InChI=1S/C65H70N2O4/c1-7-35-63(36-8-2,61(68)66-43-64(70,41-49-23-13-19-45(3)37-49)59(53-29-15-21-47(5)39-53)57-33-17-27-51-25-9-11-31-55(51)57)62(69)67-44-65(71,42-50-24-14-20-46(4)38-50)60(54-30-16-22-48(6)40-54)58-34-18-28-52-26-10-12-32-56(52)58/h9-34,37-40,59-60,70-71H,7-8,35-36,41-44H2,1-6H3,(H,66,68)(H,67,69). The molecule has 8 aromatic carbocycles. The lowest BCUT2D eigenvalue weighted by atomic mass is 9.71. The second-order valence-corrected chi connectivity index (χ2v) is 20.3. The Balaban J connectivity index is 1.20. The van der Waals surface area contributed by atoms with E-state index >= 15 is 9.59 Å². The molecule has 0 radical (unpaired) electrons. The molecule has 4 unspecified atom stereocenters. The maximum absolute atomic E-state index is 15.5. The number of fused-ring (bicyclic) bond motifs is 2. The van der Waals surface area contributed by atoms with E-state index in [9.17, 15) is 10.2 Å². The summed E-state index contributed by atoms with van der Waals surface area (Å²) >= 11 is 0. The van der Waals surface area contributed by atoms with E-state index in [1.807, 2.05) is 113 Å². The van der Waals surface area contributed by atoms with Crippen molar-refractivity contribution in [2.24, 2.45) is 5.41 Å². The van der Waals surface area contributed by atoms with E-state index in [1.54, 1.807) is 0 Å². The topological polar surface area (TPSA) is 98.7 Å². The molecule has 0 bridgehead atoms. The summed E-state index contributed by atoms with van der Waals surface area (Å²) in [7, 11) is 0. The molecule has 6 nitrogen and oxygen atoms in total. The number of nitrogens with one attached hydrogen (secondary N) is 2. The monoisotopic (exact) mass is 943 g/mol. The van der Waals surface area contributed by atoms with E-state index in [4.69, 9.17) is 0 Å². The summed E-state index contributed by atoms with van der Waals surface area (Å²) in [6, 6.07) is 61.8. The van der Waals surface area contributed by atoms with Gasteiger partial charge in [0, 0.05) is 37.8 Å². The van der Waals surface area contributed by atoms with Gasteiger partial charge < -0.3 is 20.8 Å². The summed E-state index contributed by atoms with van der Waals surface area (Å²) in [5.41, 5.74) is 5.27. The van der Waals surface area contributed by atoms with Crippen molar-refractivity contribution in [1.82, 2.24) is 10.6 Å². The van der Waals surface area contributed by atoms with Crippen LogP contribution in [0.2, 0.25) is 0 Å². The highest BCUT2D eigenvalue weighted by Crippen LogP contribution is 2.43. The van der Waals surface area contributed by atoms with Crippen molar-refractivity contribution in [3.8, 4) is 0 Å². The molecular weight excluding hydrogens is 873 g/mol.